The van der Waals surface area contributed by atoms with Crippen LogP contribution in [0.1, 0.15) is 46.0 Å². The van der Waals surface area contributed by atoms with Gasteiger partial charge in [0.05, 0.1) is 17.9 Å². The summed E-state index contributed by atoms with van der Waals surface area (Å²) >= 11 is 0. The Morgan fingerprint density at radius 2 is 1.95 bits per heavy atom. The molecular formula is C14H25NO4. The Labute approximate surface area is 114 Å². The summed E-state index contributed by atoms with van der Waals surface area (Å²) in [6.45, 7) is 4.25. The molecule has 19 heavy (non-hydrogen) atoms. The van der Waals surface area contributed by atoms with Crippen LogP contribution < -0.4 is 5.32 Å². The van der Waals surface area contributed by atoms with Crippen LogP contribution in [0.5, 0.6) is 0 Å². The molecule has 1 amide bonds. The van der Waals surface area contributed by atoms with Crippen LogP contribution in [0.2, 0.25) is 0 Å². The number of rotatable bonds is 7. The Kier molecular flexibility index (Phi) is 6.28. The van der Waals surface area contributed by atoms with Crippen LogP contribution in [0.4, 0.5) is 0 Å². The van der Waals surface area contributed by atoms with Gasteiger partial charge in [-0.05, 0) is 38.5 Å². The van der Waals surface area contributed by atoms with Crippen LogP contribution in [0.3, 0.4) is 0 Å². The van der Waals surface area contributed by atoms with E-state index in [0.29, 0.717) is 38.1 Å². The van der Waals surface area contributed by atoms with Gasteiger partial charge in [0.1, 0.15) is 0 Å². The monoisotopic (exact) mass is 271 g/mol. The molecular weight excluding hydrogens is 246 g/mol. The van der Waals surface area contributed by atoms with Crippen LogP contribution in [0, 0.1) is 17.8 Å². The lowest BCUT2D eigenvalue weighted by Gasteiger charge is -2.15. The van der Waals surface area contributed by atoms with Gasteiger partial charge in [-0.2, -0.15) is 0 Å². The molecule has 1 aliphatic carbocycles. The first-order valence-electron chi connectivity index (χ1n) is 7.14. The number of aliphatic carboxylic acids is 1. The summed E-state index contributed by atoms with van der Waals surface area (Å²) in [5, 5.41) is 21.1. The fourth-order valence-corrected chi connectivity index (χ4v) is 2.78. The minimum Gasteiger partial charge on any atom is -0.481 e. The van der Waals surface area contributed by atoms with Crippen LogP contribution in [-0.2, 0) is 9.59 Å². The number of nitrogens with one attached hydrogen (secondary N) is 1. The standard InChI is InChI=1S/C14H25NO4/c1-3-10-7-11(12(8-10)14(18)19)13(17)15-6-4-5-9(2)16/h9-12,16H,3-8H2,1-2H3,(H,15,17)(H,18,19)/t9?,10?,11-,12+/m0/s1. The van der Waals surface area contributed by atoms with Crippen molar-refractivity contribution < 1.29 is 19.8 Å². The molecule has 0 radical (unpaired) electrons. The number of carbonyl (C=O) groups excluding carboxylic acids is 1. The van der Waals surface area contributed by atoms with E-state index in [-0.39, 0.29) is 12.0 Å². The average molecular weight is 271 g/mol. The van der Waals surface area contributed by atoms with E-state index in [1.807, 2.05) is 6.92 Å². The number of amides is 1. The molecule has 1 saturated carbocycles. The second-order valence-electron chi connectivity index (χ2n) is 5.58. The van der Waals surface area contributed by atoms with E-state index >= 15 is 0 Å². The van der Waals surface area contributed by atoms with Crippen molar-refractivity contribution in [1.82, 2.24) is 5.32 Å². The van der Waals surface area contributed by atoms with Gasteiger partial charge in [0.15, 0.2) is 0 Å². The molecule has 0 aromatic heterocycles. The van der Waals surface area contributed by atoms with Gasteiger partial charge in [-0.1, -0.05) is 13.3 Å². The predicted molar refractivity (Wildman–Crippen MR) is 71.6 cm³/mol. The number of aliphatic hydroxyl groups excluding tert-OH is 1. The lowest BCUT2D eigenvalue weighted by molar-refractivity contribution is -0.146. The maximum absolute atomic E-state index is 12.0. The van der Waals surface area contributed by atoms with Gasteiger partial charge in [0.2, 0.25) is 5.91 Å². The van der Waals surface area contributed by atoms with Gasteiger partial charge in [0, 0.05) is 6.54 Å². The van der Waals surface area contributed by atoms with E-state index in [4.69, 9.17) is 5.11 Å². The summed E-state index contributed by atoms with van der Waals surface area (Å²) < 4.78 is 0. The van der Waals surface area contributed by atoms with E-state index in [1.54, 1.807) is 6.92 Å². The molecule has 0 saturated heterocycles. The topological polar surface area (TPSA) is 86.6 Å². The van der Waals surface area contributed by atoms with E-state index in [1.165, 1.54) is 0 Å². The SMILES string of the molecule is CCC1C[C@H](C(=O)NCCCC(C)O)[C@H](C(=O)O)C1. The first-order chi connectivity index (χ1) is 8.95. The van der Waals surface area contributed by atoms with Crippen molar-refractivity contribution >= 4 is 11.9 Å². The highest BCUT2D eigenvalue weighted by Gasteiger charge is 2.41. The first kappa shape index (κ1) is 16.0. The number of carboxylic acids is 1. The number of aliphatic hydroxyl groups is 1. The molecule has 1 fully saturated rings. The van der Waals surface area contributed by atoms with Gasteiger partial charge in [-0.15, -0.1) is 0 Å². The highest BCUT2D eigenvalue weighted by atomic mass is 16.4. The van der Waals surface area contributed by atoms with Crippen molar-refractivity contribution in [2.24, 2.45) is 17.8 Å². The normalized spacial score (nSPS) is 28.1. The van der Waals surface area contributed by atoms with Crippen molar-refractivity contribution in [3.05, 3.63) is 0 Å². The first-order valence-corrected chi connectivity index (χ1v) is 7.14. The minimum absolute atomic E-state index is 0.144. The number of carboxylic acid groups (broad SMARTS) is 1. The molecule has 4 atom stereocenters. The minimum atomic E-state index is -0.861. The molecule has 1 aliphatic rings. The van der Waals surface area contributed by atoms with E-state index < -0.39 is 17.8 Å². The Hall–Kier alpha value is -1.10. The summed E-state index contributed by atoms with van der Waals surface area (Å²) in [6, 6.07) is 0. The number of hydrogen-bond acceptors (Lipinski definition) is 3. The third-order valence-electron chi connectivity index (χ3n) is 3.99. The van der Waals surface area contributed by atoms with Gasteiger partial charge in [-0.25, -0.2) is 0 Å². The van der Waals surface area contributed by atoms with Crippen molar-refractivity contribution in [3.8, 4) is 0 Å². The average Bonchev–Trinajstić information content (AvgIpc) is 2.78. The van der Waals surface area contributed by atoms with Crippen molar-refractivity contribution in [2.45, 2.75) is 52.1 Å². The number of carbonyl (C=O) groups is 2. The van der Waals surface area contributed by atoms with Crippen LogP contribution in [0.15, 0.2) is 0 Å². The molecule has 2 unspecified atom stereocenters. The summed E-state index contributed by atoms with van der Waals surface area (Å²) in [5.41, 5.74) is 0. The molecule has 0 aromatic carbocycles. The summed E-state index contributed by atoms with van der Waals surface area (Å²) in [4.78, 5) is 23.2. The van der Waals surface area contributed by atoms with Crippen molar-refractivity contribution in [2.75, 3.05) is 6.54 Å². The highest BCUT2D eigenvalue weighted by Crippen LogP contribution is 2.38. The maximum atomic E-state index is 12.0. The number of hydrogen-bond donors (Lipinski definition) is 3. The van der Waals surface area contributed by atoms with E-state index in [2.05, 4.69) is 5.32 Å². The fourth-order valence-electron chi connectivity index (χ4n) is 2.78. The smallest absolute Gasteiger partial charge is 0.307 e. The Balaban J connectivity index is 2.43. The van der Waals surface area contributed by atoms with Crippen molar-refractivity contribution in [1.29, 1.82) is 0 Å². The molecule has 0 aromatic rings. The third kappa shape index (κ3) is 4.82. The molecule has 5 nitrogen and oxygen atoms in total. The lowest BCUT2D eigenvalue weighted by atomic mass is 9.95. The van der Waals surface area contributed by atoms with Crippen molar-refractivity contribution in [3.63, 3.8) is 0 Å². The van der Waals surface area contributed by atoms with Gasteiger partial charge < -0.3 is 15.5 Å². The van der Waals surface area contributed by atoms with E-state index in [0.717, 1.165) is 6.42 Å². The quantitative estimate of drug-likeness (QED) is 0.611. The molecule has 110 valence electrons. The Morgan fingerprint density at radius 3 is 2.47 bits per heavy atom. The molecule has 0 heterocycles. The zero-order valence-corrected chi connectivity index (χ0v) is 11.8. The summed E-state index contributed by atoms with van der Waals surface area (Å²) in [7, 11) is 0. The van der Waals surface area contributed by atoms with Crippen LogP contribution >= 0.6 is 0 Å². The summed E-state index contributed by atoms with van der Waals surface area (Å²) in [6.07, 6.45) is 3.21. The predicted octanol–water partition coefficient (Wildman–Crippen LogP) is 1.40. The Bertz CT molecular complexity index is 317. The molecule has 5 heteroatoms. The lowest BCUT2D eigenvalue weighted by Crippen LogP contribution is -2.35. The largest absolute Gasteiger partial charge is 0.481 e. The Morgan fingerprint density at radius 1 is 1.32 bits per heavy atom. The fraction of sp³-hybridized carbons (Fsp3) is 0.857. The molecule has 0 aliphatic heterocycles. The maximum Gasteiger partial charge on any atom is 0.307 e. The third-order valence-corrected chi connectivity index (χ3v) is 3.99. The highest BCUT2D eigenvalue weighted by molar-refractivity contribution is 5.85. The van der Waals surface area contributed by atoms with Gasteiger partial charge in [-0.3, -0.25) is 9.59 Å². The second kappa shape index (κ2) is 7.48. The molecule has 1 rings (SSSR count). The zero-order chi connectivity index (χ0) is 14.4. The van der Waals surface area contributed by atoms with Gasteiger partial charge in [0.25, 0.3) is 0 Å². The van der Waals surface area contributed by atoms with E-state index in [9.17, 15) is 14.7 Å². The molecule has 0 bridgehead atoms. The molecule has 0 spiro atoms. The molecule has 3 N–H and O–H groups in total. The van der Waals surface area contributed by atoms with Crippen LogP contribution in [-0.4, -0.2) is 34.7 Å². The van der Waals surface area contributed by atoms with Gasteiger partial charge >= 0.3 is 5.97 Å². The van der Waals surface area contributed by atoms with Crippen LogP contribution in [0.25, 0.3) is 0 Å². The summed E-state index contributed by atoms with van der Waals surface area (Å²) in [5.74, 6) is -1.60. The zero-order valence-electron chi connectivity index (χ0n) is 11.8. The second-order valence-corrected chi connectivity index (χ2v) is 5.58.